The first-order valence-corrected chi connectivity index (χ1v) is 6.75. The van der Waals surface area contributed by atoms with Crippen molar-refractivity contribution in [2.24, 2.45) is 0 Å². The molecule has 1 aliphatic carbocycles. The van der Waals surface area contributed by atoms with Crippen LogP contribution < -0.4 is 4.74 Å². The molecule has 1 atom stereocenters. The van der Waals surface area contributed by atoms with Crippen molar-refractivity contribution in [1.29, 1.82) is 0 Å². The summed E-state index contributed by atoms with van der Waals surface area (Å²) in [6.45, 7) is 2.05. The van der Waals surface area contributed by atoms with Gasteiger partial charge in [-0.1, -0.05) is 0 Å². The second kappa shape index (κ2) is 4.27. The molecule has 0 aliphatic heterocycles. The SMILES string of the molecule is CC(O)COc1ccc2nc(C3CC3)sc2c1. The van der Waals surface area contributed by atoms with Crippen LogP contribution in [-0.4, -0.2) is 22.8 Å². The summed E-state index contributed by atoms with van der Waals surface area (Å²) < 4.78 is 6.67. The average Bonchev–Trinajstić information content (AvgIpc) is 3.06. The number of rotatable bonds is 4. The minimum Gasteiger partial charge on any atom is -0.491 e. The Balaban J connectivity index is 1.84. The predicted octanol–water partition coefficient (Wildman–Crippen LogP) is 2.93. The van der Waals surface area contributed by atoms with Crippen molar-refractivity contribution in [3.05, 3.63) is 23.2 Å². The van der Waals surface area contributed by atoms with Gasteiger partial charge in [-0.2, -0.15) is 0 Å². The van der Waals surface area contributed by atoms with E-state index in [1.54, 1.807) is 18.3 Å². The highest BCUT2D eigenvalue weighted by atomic mass is 32.1. The average molecular weight is 249 g/mol. The molecule has 90 valence electrons. The Labute approximate surface area is 104 Å². The van der Waals surface area contributed by atoms with Crippen LogP contribution in [0.2, 0.25) is 0 Å². The molecule has 0 bridgehead atoms. The smallest absolute Gasteiger partial charge is 0.121 e. The molecule has 1 unspecified atom stereocenters. The molecule has 2 aromatic rings. The van der Waals surface area contributed by atoms with E-state index in [1.807, 2.05) is 18.2 Å². The van der Waals surface area contributed by atoms with Crippen molar-refractivity contribution in [2.45, 2.75) is 31.8 Å². The zero-order valence-corrected chi connectivity index (χ0v) is 10.5. The van der Waals surface area contributed by atoms with Crippen LogP contribution in [0.5, 0.6) is 5.75 Å². The van der Waals surface area contributed by atoms with Crippen LogP contribution in [0.3, 0.4) is 0 Å². The maximum Gasteiger partial charge on any atom is 0.121 e. The molecule has 3 rings (SSSR count). The normalized spacial score (nSPS) is 17.3. The molecule has 3 nitrogen and oxygen atoms in total. The third kappa shape index (κ3) is 2.42. The maximum absolute atomic E-state index is 9.18. The topological polar surface area (TPSA) is 42.4 Å². The molecule has 0 radical (unpaired) electrons. The van der Waals surface area contributed by atoms with Gasteiger partial charge in [0.1, 0.15) is 12.4 Å². The predicted molar refractivity (Wildman–Crippen MR) is 68.8 cm³/mol. The van der Waals surface area contributed by atoms with Crippen molar-refractivity contribution in [2.75, 3.05) is 6.61 Å². The zero-order valence-electron chi connectivity index (χ0n) is 9.72. The van der Waals surface area contributed by atoms with E-state index >= 15 is 0 Å². The largest absolute Gasteiger partial charge is 0.491 e. The number of nitrogens with zero attached hydrogens (tertiary/aromatic N) is 1. The lowest BCUT2D eigenvalue weighted by molar-refractivity contribution is 0.123. The first-order chi connectivity index (χ1) is 8.22. The van der Waals surface area contributed by atoms with Gasteiger partial charge in [0.25, 0.3) is 0 Å². The number of thiazole rings is 1. The van der Waals surface area contributed by atoms with E-state index < -0.39 is 6.10 Å². The summed E-state index contributed by atoms with van der Waals surface area (Å²) in [4.78, 5) is 4.62. The van der Waals surface area contributed by atoms with Gasteiger partial charge in [-0.3, -0.25) is 0 Å². The summed E-state index contributed by atoms with van der Waals surface area (Å²) in [5, 5.41) is 10.4. The van der Waals surface area contributed by atoms with Gasteiger partial charge < -0.3 is 9.84 Å². The Hall–Kier alpha value is -1.13. The molecular weight excluding hydrogens is 234 g/mol. The van der Waals surface area contributed by atoms with E-state index in [0.717, 1.165) is 11.3 Å². The lowest BCUT2D eigenvalue weighted by atomic mass is 10.3. The molecular formula is C13H15NO2S. The monoisotopic (exact) mass is 249 g/mol. The molecule has 1 fully saturated rings. The Kier molecular flexibility index (Phi) is 2.76. The molecule has 1 aromatic carbocycles. The Morgan fingerprint density at radius 1 is 1.53 bits per heavy atom. The minimum atomic E-state index is -0.436. The van der Waals surface area contributed by atoms with Crippen LogP contribution in [0, 0.1) is 0 Å². The third-order valence-electron chi connectivity index (χ3n) is 2.79. The summed E-state index contributed by atoms with van der Waals surface area (Å²) >= 11 is 1.76. The highest BCUT2D eigenvalue weighted by Crippen LogP contribution is 2.43. The van der Waals surface area contributed by atoms with Crippen LogP contribution in [0.25, 0.3) is 10.2 Å². The first kappa shape index (κ1) is 11.0. The minimum absolute atomic E-state index is 0.333. The number of ether oxygens (including phenoxy) is 1. The molecule has 1 N–H and O–H groups in total. The molecule has 4 heteroatoms. The summed E-state index contributed by atoms with van der Waals surface area (Å²) in [7, 11) is 0. The molecule has 1 saturated carbocycles. The number of hydrogen-bond acceptors (Lipinski definition) is 4. The quantitative estimate of drug-likeness (QED) is 0.906. The lowest BCUT2D eigenvalue weighted by Gasteiger charge is -2.07. The number of fused-ring (bicyclic) bond motifs is 1. The highest BCUT2D eigenvalue weighted by Gasteiger charge is 2.26. The third-order valence-corrected chi connectivity index (χ3v) is 3.97. The summed E-state index contributed by atoms with van der Waals surface area (Å²) in [5.74, 6) is 1.51. The van der Waals surface area contributed by atoms with Gasteiger partial charge in [0, 0.05) is 5.92 Å². The second-order valence-corrected chi connectivity index (χ2v) is 5.68. The second-order valence-electron chi connectivity index (χ2n) is 4.62. The molecule has 1 heterocycles. The van der Waals surface area contributed by atoms with Gasteiger partial charge in [0.15, 0.2) is 0 Å². The highest BCUT2D eigenvalue weighted by molar-refractivity contribution is 7.18. The van der Waals surface area contributed by atoms with Gasteiger partial charge >= 0.3 is 0 Å². The zero-order chi connectivity index (χ0) is 11.8. The van der Waals surface area contributed by atoms with Crippen LogP contribution in [0.1, 0.15) is 30.7 Å². The fourth-order valence-corrected chi connectivity index (χ4v) is 2.90. The van der Waals surface area contributed by atoms with E-state index in [9.17, 15) is 5.11 Å². The van der Waals surface area contributed by atoms with Gasteiger partial charge in [-0.05, 0) is 38.0 Å². The maximum atomic E-state index is 9.18. The number of hydrogen-bond donors (Lipinski definition) is 1. The van der Waals surface area contributed by atoms with E-state index in [4.69, 9.17) is 4.74 Å². The van der Waals surface area contributed by atoms with Crippen LogP contribution in [0.4, 0.5) is 0 Å². The van der Waals surface area contributed by atoms with Crippen LogP contribution >= 0.6 is 11.3 Å². The van der Waals surface area contributed by atoms with E-state index in [-0.39, 0.29) is 0 Å². The fraction of sp³-hybridized carbons (Fsp3) is 0.462. The summed E-state index contributed by atoms with van der Waals surface area (Å²) in [6, 6.07) is 5.93. The molecule has 17 heavy (non-hydrogen) atoms. The Morgan fingerprint density at radius 2 is 2.35 bits per heavy atom. The van der Waals surface area contributed by atoms with Crippen LogP contribution in [0.15, 0.2) is 18.2 Å². The summed E-state index contributed by atoms with van der Waals surface area (Å²) in [6.07, 6.45) is 2.13. The van der Waals surface area contributed by atoms with Crippen molar-refractivity contribution in [3.63, 3.8) is 0 Å². The van der Waals surface area contributed by atoms with Gasteiger partial charge in [-0.15, -0.1) is 11.3 Å². The molecule has 0 amide bonds. The Morgan fingerprint density at radius 3 is 3.06 bits per heavy atom. The lowest BCUT2D eigenvalue weighted by Crippen LogP contribution is -2.12. The molecule has 1 aromatic heterocycles. The van der Waals surface area contributed by atoms with Gasteiger partial charge in [-0.25, -0.2) is 4.98 Å². The van der Waals surface area contributed by atoms with Crippen molar-refractivity contribution in [3.8, 4) is 5.75 Å². The van der Waals surface area contributed by atoms with Crippen molar-refractivity contribution < 1.29 is 9.84 Å². The number of benzene rings is 1. The van der Waals surface area contributed by atoms with Crippen molar-refractivity contribution >= 4 is 21.6 Å². The molecule has 0 spiro atoms. The molecule has 1 aliphatic rings. The summed E-state index contributed by atoms with van der Waals surface area (Å²) in [5.41, 5.74) is 1.06. The number of aliphatic hydroxyl groups excluding tert-OH is 1. The Bertz CT molecular complexity index is 531. The van der Waals surface area contributed by atoms with Gasteiger partial charge in [0.2, 0.25) is 0 Å². The van der Waals surface area contributed by atoms with Crippen LogP contribution in [-0.2, 0) is 0 Å². The molecule has 0 saturated heterocycles. The number of aromatic nitrogens is 1. The van der Waals surface area contributed by atoms with E-state index in [2.05, 4.69) is 4.98 Å². The van der Waals surface area contributed by atoms with Crippen molar-refractivity contribution in [1.82, 2.24) is 4.98 Å². The first-order valence-electron chi connectivity index (χ1n) is 5.94. The van der Waals surface area contributed by atoms with E-state index in [1.165, 1.54) is 22.5 Å². The number of aliphatic hydroxyl groups is 1. The van der Waals surface area contributed by atoms with Gasteiger partial charge in [0.05, 0.1) is 21.3 Å². The van der Waals surface area contributed by atoms with E-state index in [0.29, 0.717) is 12.5 Å². The standard InChI is InChI=1S/C13H15NO2S/c1-8(15)7-16-10-4-5-11-12(6-10)17-13(14-11)9-2-3-9/h4-6,8-9,15H,2-3,7H2,1H3. The fourth-order valence-electron chi connectivity index (χ4n) is 1.73.